The third-order valence-electron chi connectivity index (χ3n) is 7.59. The van der Waals surface area contributed by atoms with Crippen molar-refractivity contribution in [3.63, 3.8) is 0 Å². The summed E-state index contributed by atoms with van der Waals surface area (Å²) in [6.07, 6.45) is 3.04. The monoisotopic (exact) mass is 448 g/mol. The van der Waals surface area contributed by atoms with E-state index in [9.17, 15) is 0 Å². The summed E-state index contributed by atoms with van der Waals surface area (Å²) in [6, 6.07) is 14.2. The molecule has 0 aliphatic carbocycles. The number of hydrogen-bond acceptors (Lipinski definition) is 1. The van der Waals surface area contributed by atoms with Gasteiger partial charge in [-0.15, -0.1) is 0 Å². The van der Waals surface area contributed by atoms with Crippen LogP contribution in [0.3, 0.4) is 0 Å². The van der Waals surface area contributed by atoms with Gasteiger partial charge in [0.1, 0.15) is 5.52 Å². The number of aryl methyl sites for hydroxylation is 3. The van der Waals surface area contributed by atoms with Gasteiger partial charge in [0.05, 0.1) is 34.4 Å². The van der Waals surface area contributed by atoms with Gasteiger partial charge in [-0.3, -0.25) is 0 Å². The maximum Gasteiger partial charge on any atom is 0.287 e. The fraction of sp³-hybridized carbons (Fsp3) is 0.355. The highest BCUT2D eigenvalue weighted by molar-refractivity contribution is 6.25. The summed E-state index contributed by atoms with van der Waals surface area (Å²) >= 11 is 0. The molecular formula is C31H34N3+. The number of benzene rings is 3. The Balaban J connectivity index is 1.95. The number of nitrogens with zero attached hydrogens (tertiary/aromatic N) is 3. The molecule has 0 radical (unpaired) electrons. The number of aromatic nitrogens is 3. The van der Waals surface area contributed by atoms with Gasteiger partial charge in [-0.05, 0) is 83.1 Å². The maximum atomic E-state index is 4.90. The van der Waals surface area contributed by atoms with Crippen LogP contribution in [0.5, 0.6) is 0 Å². The Labute approximate surface area is 201 Å². The van der Waals surface area contributed by atoms with Crippen molar-refractivity contribution in [1.29, 1.82) is 0 Å². The minimum absolute atomic E-state index is 0.245. The van der Waals surface area contributed by atoms with Crippen molar-refractivity contribution in [3.05, 3.63) is 65.0 Å². The molecule has 34 heavy (non-hydrogen) atoms. The number of fused-ring (bicyclic) bond motifs is 5. The zero-order valence-corrected chi connectivity index (χ0v) is 21.7. The van der Waals surface area contributed by atoms with Gasteiger partial charge in [-0.2, -0.15) is 0 Å². The molecule has 0 saturated carbocycles. The van der Waals surface area contributed by atoms with Gasteiger partial charge < -0.3 is 4.40 Å². The quantitative estimate of drug-likeness (QED) is 0.152. The summed E-state index contributed by atoms with van der Waals surface area (Å²) in [5, 5.41) is 5.29. The van der Waals surface area contributed by atoms with E-state index in [1.165, 1.54) is 65.9 Å². The lowest BCUT2D eigenvalue weighted by molar-refractivity contribution is -0.646. The van der Waals surface area contributed by atoms with Crippen LogP contribution in [-0.4, -0.2) is 9.38 Å². The van der Waals surface area contributed by atoms with Gasteiger partial charge in [0.25, 0.3) is 6.33 Å². The largest absolute Gasteiger partial charge is 0.308 e. The lowest BCUT2D eigenvalue weighted by Crippen LogP contribution is -2.30. The lowest BCUT2D eigenvalue weighted by Gasteiger charge is -2.18. The molecule has 6 rings (SSSR count). The molecule has 0 fully saturated rings. The molecule has 0 unspecified atom stereocenters. The lowest BCUT2D eigenvalue weighted by atomic mass is 9.88. The van der Waals surface area contributed by atoms with Crippen LogP contribution >= 0.6 is 0 Å². The fourth-order valence-corrected chi connectivity index (χ4v) is 5.88. The van der Waals surface area contributed by atoms with Crippen LogP contribution in [0.15, 0.2) is 42.7 Å². The summed E-state index contributed by atoms with van der Waals surface area (Å²) < 4.78 is 4.76. The smallest absolute Gasteiger partial charge is 0.287 e. The van der Waals surface area contributed by atoms with Crippen LogP contribution in [-0.2, 0) is 13.5 Å². The highest BCUT2D eigenvalue weighted by Crippen LogP contribution is 2.42. The first kappa shape index (κ1) is 21.3. The topological polar surface area (TPSA) is 21.2 Å². The van der Waals surface area contributed by atoms with Crippen molar-refractivity contribution in [2.24, 2.45) is 12.5 Å². The van der Waals surface area contributed by atoms with Crippen LogP contribution in [0.4, 0.5) is 0 Å². The minimum Gasteiger partial charge on any atom is -0.308 e. The Morgan fingerprint density at radius 1 is 0.941 bits per heavy atom. The number of pyridine rings is 1. The van der Waals surface area contributed by atoms with Gasteiger partial charge in [0.2, 0.25) is 0 Å². The molecule has 3 aromatic heterocycles. The molecule has 172 valence electrons. The van der Waals surface area contributed by atoms with Crippen molar-refractivity contribution < 1.29 is 4.57 Å². The Morgan fingerprint density at radius 3 is 2.41 bits per heavy atom. The SMILES string of the molecule is Cc1cc2c3ccc(CC(C)(C)C)cc3n3c4cc(C(C)C)cc5nc[n+](C)c(c(c1C)c23)c54. The number of hydrogen-bond donors (Lipinski definition) is 0. The van der Waals surface area contributed by atoms with Gasteiger partial charge >= 0.3 is 0 Å². The zero-order valence-electron chi connectivity index (χ0n) is 21.7. The molecule has 3 heteroatoms. The van der Waals surface area contributed by atoms with Gasteiger partial charge in [0, 0.05) is 10.8 Å². The molecule has 0 atom stereocenters. The van der Waals surface area contributed by atoms with E-state index in [2.05, 4.69) is 101 Å². The molecule has 0 amide bonds. The van der Waals surface area contributed by atoms with Crippen molar-refractivity contribution in [2.75, 3.05) is 0 Å². The van der Waals surface area contributed by atoms with E-state index in [1.807, 2.05) is 6.33 Å². The summed E-state index contributed by atoms with van der Waals surface area (Å²) in [6.45, 7) is 16.0. The summed E-state index contributed by atoms with van der Waals surface area (Å²) in [5.41, 5.74) is 12.0. The van der Waals surface area contributed by atoms with Crippen molar-refractivity contribution in [1.82, 2.24) is 9.38 Å². The molecule has 0 aliphatic rings. The normalized spacial score (nSPS) is 13.1. The molecule has 3 nitrogen and oxygen atoms in total. The van der Waals surface area contributed by atoms with Crippen molar-refractivity contribution in [2.45, 2.75) is 60.8 Å². The predicted molar refractivity (Wildman–Crippen MR) is 144 cm³/mol. The van der Waals surface area contributed by atoms with E-state index < -0.39 is 0 Å². The van der Waals surface area contributed by atoms with Crippen LogP contribution in [0.25, 0.3) is 49.1 Å². The average Bonchev–Trinajstić information content (AvgIpc) is 3.07. The second-order valence-electron chi connectivity index (χ2n) is 11.8. The van der Waals surface area contributed by atoms with E-state index in [0.717, 1.165) is 11.9 Å². The molecule has 0 aliphatic heterocycles. The van der Waals surface area contributed by atoms with Crippen LogP contribution in [0.1, 0.15) is 62.8 Å². The fourth-order valence-electron chi connectivity index (χ4n) is 5.88. The highest BCUT2D eigenvalue weighted by atomic mass is 15.0. The van der Waals surface area contributed by atoms with E-state index in [4.69, 9.17) is 4.98 Å². The number of rotatable bonds is 2. The predicted octanol–water partition coefficient (Wildman–Crippen LogP) is 7.54. The molecular weight excluding hydrogens is 414 g/mol. The second-order valence-corrected chi connectivity index (χ2v) is 11.8. The summed E-state index contributed by atoms with van der Waals surface area (Å²) in [4.78, 5) is 4.90. The second kappa shape index (κ2) is 6.91. The Kier molecular flexibility index (Phi) is 4.34. The Hall–Kier alpha value is -3.20. The third-order valence-corrected chi connectivity index (χ3v) is 7.59. The third kappa shape index (κ3) is 2.89. The molecule has 3 aromatic carbocycles. The van der Waals surface area contributed by atoms with Crippen LogP contribution < -0.4 is 4.57 Å². The Bertz CT molecular complexity index is 1760. The zero-order chi connectivity index (χ0) is 24.1. The first-order valence-corrected chi connectivity index (χ1v) is 12.5. The summed E-state index contributed by atoms with van der Waals surface area (Å²) in [5.74, 6) is 0.440. The average molecular weight is 449 g/mol. The van der Waals surface area contributed by atoms with Gasteiger partial charge in [-0.1, -0.05) is 46.8 Å². The molecule has 0 N–H and O–H groups in total. The summed E-state index contributed by atoms with van der Waals surface area (Å²) in [7, 11) is 2.13. The van der Waals surface area contributed by atoms with Crippen molar-refractivity contribution in [3.8, 4) is 0 Å². The van der Waals surface area contributed by atoms with Gasteiger partial charge in [0.15, 0.2) is 5.52 Å². The van der Waals surface area contributed by atoms with E-state index >= 15 is 0 Å². The highest BCUT2D eigenvalue weighted by Gasteiger charge is 2.25. The van der Waals surface area contributed by atoms with Crippen LogP contribution in [0, 0.1) is 19.3 Å². The van der Waals surface area contributed by atoms with E-state index in [0.29, 0.717) is 5.92 Å². The standard InChI is InChI=1S/C31H34N3/c1-17(2)21-13-24-28-26(14-21)34-25-12-20(15-31(5,6)7)9-10-22(25)23-11-18(3)19(4)27(29(23)34)30(28)33(8)16-32-24/h9-14,16-17H,15H2,1-8H3/q+1. The molecule has 3 heterocycles. The molecule has 0 bridgehead atoms. The molecule has 0 saturated heterocycles. The Morgan fingerprint density at radius 2 is 1.71 bits per heavy atom. The molecule has 6 aromatic rings. The van der Waals surface area contributed by atoms with Gasteiger partial charge in [-0.25, -0.2) is 4.57 Å². The first-order valence-electron chi connectivity index (χ1n) is 12.5. The first-order chi connectivity index (χ1) is 16.0. The minimum atomic E-state index is 0.245. The van der Waals surface area contributed by atoms with Crippen molar-refractivity contribution >= 4 is 49.1 Å². The maximum absolute atomic E-state index is 4.90. The van der Waals surface area contributed by atoms with Crippen LogP contribution in [0.2, 0.25) is 0 Å². The molecule has 0 spiro atoms. The van der Waals surface area contributed by atoms with E-state index in [1.54, 1.807) is 0 Å². The van der Waals surface area contributed by atoms with E-state index in [-0.39, 0.29) is 5.41 Å².